The van der Waals surface area contributed by atoms with Crippen LogP contribution in [0.15, 0.2) is 24.3 Å². The number of rotatable bonds is 6. The summed E-state index contributed by atoms with van der Waals surface area (Å²) in [5, 5.41) is 9.64. The molecule has 1 aromatic heterocycles. The predicted octanol–water partition coefficient (Wildman–Crippen LogP) is 3.58. The molecule has 1 heterocycles. The van der Waals surface area contributed by atoms with E-state index in [9.17, 15) is 0 Å². The maximum Gasteiger partial charge on any atom is 0.0841 e. The molecule has 1 N–H and O–H groups in total. The van der Waals surface area contributed by atoms with E-state index in [-0.39, 0.29) is 0 Å². The smallest absolute Gasteiger partial charge is 0.0841 e. The molecular formula is C16H25N3. The highest BCUT2D eigenvalue weighted by molar-refractivity contribution is 5.81. The number of hydrogen-bond donors (Lipinski definition) is 1. The van der Waals surface area contributed by atoms with Crippen LogP contribution in [-0.4, -0.2) is 15.8 Å². The van der Waals surface area contributed by atoms with Gasteiger partial charge in [-0.2, -0.15) is 5.10 Å². The molecule has 0 bridgehead atoms. The molecule has 0 fully saturated rings. The Balaban J connectivity index is 2.21. The third-order valence-electron chi connectivity index (χ3n) is 3.81. The van der Waals surface area contributed by atoms with Gasteiger partial charge in [0.05, 0.1) is 11.2 Å². The van der Waals surface area contributed by atoms with E-state index >= 15 is 0 Å². The molecule has 0 aliphatic heterocycles. The Morgan fingerprint density at radius 1 is 1.21 bits per heavy atom. The van der Waals surface area contributed by atoms with Crippen LogP contribution in [0.4, 0.5) is 0 Å². The number of hydrogen-bond acceptors (Lipinski definition) is 2. The summed E-state index contributed by atoms with van der Waals surface area (Å²) >= 11 is 0. The first-order valence-corrected chi connectivity index (χ1v) is 7.35. The zero-order chi connectivity index (χ0) is 13.8. The Morgan fingerprint density at radius 2 is 1.95 bits per heavy atom. The molecule has 0 aliphatic rings. The fraction of sp³-hybridized carbons (Fsp3) is 0.562. The minimum Gasteiger partial charge on any atom is -0.308 e. The second-order valence-corrected chi connectivity index (χ2v) is 5.42. The molecule has 0 saturated carbocycles. The van der Waals surface area contributed by atoms with E-state index in [2.05, 4.69) is 62.0 Å². The summed E-state index contributed by atoms with van der Waals surface area (Å²) in [5.74, 6) is 0.657. The average molecular weight is 259 g/mol. The van der Waals surface area contributed by atoms with Gasteiger partial charge in [-0.25, -0.2) is 0 Å². The lowest BCUT2D eigenvalue weighted by atomic mass is 10.0. The van der Waals surface area contributed by atoms with Crippen LogP contribution >= 0.6 is 0 Å². The van der Waals surface area contributed by atoms with Gasteiger partial charge in [-0.3, -0.25) is 4.68 Å². The van der Waals surface area contributed by atoms with Crippen LogP contribution in [0.3, 0.4) is 0 Å². The lowest BCUT2D eigenvalue weighted by molar-refractivity contribution is 0.385. The van der Waals surface area contributed by atoms with Crippen molar-refractivity contribution in [1.82, 2.24) is 15.1 Å². The Bertz CT molecular complexity index is 528. The van der Waals surface area contributed by atoms with E-state index in [4.69, 9.17) is 5.10 Å². The topological polar surface area (TPSA) is 29.9 Å². The Labute approximate surface area is 116 Å². The van der Waals surface area contributed by atoms with Crippen LogP contribution in [-0.2, 0) is 13.1 Å². The molecule has 0 saturated heterocycles. The Hall–Kier alpha value is -1.35. The Morgan fingerprint density at radius 3 is 2.58 bits per heavy atom. The SMILES string of the molecule is CCC(NCc1nn(CC)c2ccccc12)C(C)C. The molecule has 0 spiro atoms. The molecule has 3 heteroatoms. The first-order chi connectivity index (χ1) is 9.17. The van der Waals surface area contributed by atoms with Crippen molar-refractivity contribution in [3.63, 3.8) is 0 Å². The summed E-state index contributed by atoms with van der Waals surface area (Å²) in [6.45, 7) is 10.7. The van der Waals surface area contributed by atoms with Crippen molar-refractivity contribution in [2.24, 2.45) is 5.92 Å². The lowest BCUT2D eigenvalue weighted by Crippen LogP contribution is -2.32. The highest BCUT2D eigenvalue weighted by Crippen LogP contribution is 2.18. The molecule has 19 heavy (non-hydrogen) atoms. The maximum atomic E-state index is 4.73. The van der Waals surface area contributed by atoms with Crippen molar-refractivity contribution in [1.29, 1.82) is 0 Å². The molecule has 2 rings (SSSR count). The number of nitrogens with zero attached hydrogens (tertiary/aromatic N) is 2. The van der Waals surface area contributed by atoms with E-state index in [1.54, 1.807) is 0 Å². The van der Waals surface area contributed by atoms with Gasteiger partial charge >= 0.3 is 0 Å². The summed E-state index contributed by atoms with van der Waals surface area (Å²) in [4.78, 5) is 0. The van der Waals surface area contributed by atoms with Crippen molar-refractivity contribution >= 4 is 10.9 Å². The van der Waals surface area contributed by atoms with Gasteiger partial charge in [-0.05, 0) is 25.3 Å². The van der Waals surface area contributed by atoms with Gasteiger partial charge in [0, 0.05) is 24.5 Å². The zero-order valence-corrected chi connectivity index (χ0v) is 12.5. The van der Waals surface area contributed by atoms with Gasteiger partial charge in [-0.15, -0.1) is 0 Å². The van der Waals surface area contributed by atoms with Crippen LogP contribution in [0.2, 0.25) is 0 Å². The first kappa shape index (κ1) is 14.1. The number of para-hydroxylation sites is 1. The molecule has 0 aliphatic carbocycles. The number of fused-ring (bicyclic) bond motifs is 1. The maximum absolute atomic E-state index is 4.73. The van der Waals surface area contributed by atoms with Gasteiger partial charge in [0.1, 0.15) is 0 Å². The molecule has 1 unspecified atom stereocenters. The van der Waals surface area contributed by atoms with Crippen molar-refractivity contribution in [2.45, 2.75) is 53.2 Å². The molecule has 2 aromatic rings. The van der Waals surface area contributed by atoms with Gasteiger partial charge in [0.25, 0.3) is 0 Å². The molecule has 1 atom stereocenters. The van der Waals surface area contributed by atoms with E-state index in [1.165, 1.54) is 10.9 Å². The lowest BCUT2D eigenvalue weighted by Gasteiger charge is -2.20. The highest BCUT2D eigenvalue weighted by Gasteiger charge is 2.13. The first-order valence-electron chi connectivity index (χ1n) is 7.35. The van der Waals surface area contributed by atoms with Crippen LogP contribution in [0, 0.1) is 5.92 Å². The summed E-state index contributed by atoms with van der Waals surface area (Å²) in [7, 11) is 0. The second kappa shape index (κ2) is 6.20. The van der Waals surface area contributed by atoms with Gasteiger partial charge in [0.15, 0.2) is 0 Å². The quantitative estimate of drug-likeness (QED) is 0.859. The monoisotopic (exact) mass is 259 g/mol. The summed E-state index contributed by atoms with van der Waals surface area (Å²) in [6.07, 6.45) is 1.16. The van der Waals surface area contributed by atoms with E-state index in [0.29, 0.717) is 12.0 Å². The number of benzene rings is 1. The zero-order valence-electron chi connectivity index (χ0n) is 12.5. The average Bonchev–Trinajstić information content (AvgIpc) is 2.77. The Kier molecular flexibility index (Phi) is 4.59. The van der Waals surface area contributed by atoms with Crippen molar-refractivity contribution in [2.75, 3.05) is 0 Å². The highest BCUT2D eigenvalue weighted by atomic mass is 15.3. The molecule has 0 amide bonds. The minimum absolute atomic E-state index is 0.561. The number of aromatic nitrogens is 2. The summed E-state index contributed by atoms with van der Waals surface area (Å²) < 4.78 is 2.09. The molecule has 104 valence electrons. The fourth-order valence-electron chi connectivity index (χ4n) is 2.65. The molecule has 3 nitrogen and oxygen atoms in total. The van der Waals surface area contributed by atoms with Crippen LogP contribution in [0.25, 0.3) is 10.9 Å². The van der Waals surface area contributed by atoms with E-state index in [1.807, 2.05) is 0 Å². The van der Waals surface area contributed by atoms with E-state index < -0.39 is 0 Å². The van der Waals surface area contributed by atoms with Crippen molar-refractivity contribution in [3.05, 3.63) is 30.0 Å². The normalized spacial score (nSPS) is 13.3. The largest absolute Gasteiger partial charge is 0.308 e. The minimum atomic E-state index is 0.561. The van der Waals surface area contributed by atoms with Crippen LogP contribution in [0.1, 0.15) is 39.8 Å². The number of nitrogens with one attached hydrogen (secondary N) is 1. The fourth-order valence-corrected chi connectivity index (χ4v) is 2.65. The standard InChI is InChI=1S/C16H25N3/c1-5-14(12(3)4)17-11-15-13-9-7-8-10-16(13)19(6-2)18-15/h7-10,12,14,17H,5-6,11H2,1-4H3. The molecule has 0 radical (unpaired) electrons. The predicted molar refractivity (Wildman–Crippen MR) is 81.2 cm³/mol. The second-order valence-electron chi connectivity index (χ2n) is 5.42. The van der Waals surface area contributed by atoms with Gasteiger partial charge in [-0.1, -0.05) is 39.0 Å². The summed E-state index contributed by atoms with van der Waals surface area (Å²) in [6, 6.07) is 9.05. The van der Waals surface area contributed by atoms with Gasteiger partial charge < -0.3 is 5.32 Å². The van der Waals surface area contributed by atoms with Crippen LogP contribution < -0.4 is 5.32 Å². The van der Waals surface area contributed by atoms with E-state index in [0.717, 1.165) is 25.2 Å². The third-order valence-corrected chi connectivity index (χ3v) is 3.81. The van der Waals surface area contributed by atoms with Crippen molar-refractivity contribution in [3.8, 4) is 0 Å². The molecule has 1 aromatic carbocycles. The number of aryl methyl sites for hydroxylation is 1. The van der Waals surface area contributed by atoms with Crippen molar-refractivity contribution < 1.29 is 0 Å². The third kappa shape index (κ3) is 2.98. The van der Waals surface area contributed by atoms with Crippen LogP contribution in [0.5, 0.6) is 0 Å². The molecular weight excluding hydrogens is 234 g/mol. The van der Waals surface area contributed by atoms with Gasteiger partial charge in [0.2, 0.25) is 0 Å². The summed E-state index contributed by atoms with van der Waals surface area (Å²) in [5.41, 5.74) is 2.40.